The first-order chi connectivity index (χ1) is 9.11. The lowest BCUT2D eigenvalue weighted by atomic mass is 10.1. The van der Waals surface area contributed by atoms with Gasteiger partial charge in [-0.2, -0.15) is 4.37 Å². The highest BCUT2D eigenvalue weighted by Crippen LogP contribution is 2.27. The molecule has 1 aromatic heterocycles. The number of nitrogens with two attached hydrogens (primary N) is 1. The molecule has 0 saturated carbocycles. The van der Waals surface area contributed by atoms with Crippen LogP contribution in [0.3, 0.4) is 0 Å². The van der Waals surface area contributed by atoms with Crippen LogP contribution in [0.5, 0.6) is 0 Å². The molecule has 1 heterocycles. The van der Waals surface area contributed by atoms with Crippen LogP contribution < -0.4 is 16.4 Å². The topological polar surface area (TPSA) is 80.0 Å². The maximum atomic E-state index is 11.7. The fourth-order valence-electron chi connectivity index (χ4n) is 1.77. The molecule has 0 aliphatic rings. The van der Waals surface area contributed by atoms with Crippen LogP contribution in [0.1, 0.15) is 21.5 Å². The summed E-state index contributed by atoms with van der Waals surface area (Å²) in [7, 11) is 1.57. The number of nitrogen functional groups attached to an aromatic ring is 1. The van der Waals surface area contributed by atoms with Crippen molar-refractivity contribution >= 4 is 28.3 Å². The molecule has 2 rings (SSSR count). The van der Waals surface area contributed by atoms with E-state index < -0.39 is 0 Å². The van der Waals surface area contributed by atoms with E-state index in [4.69, 9.17) is 5.73 Å². The zero-order chi connectivity index (χ0) is 13.8. The van der Waals surface area contributed by atoms with E-state index >= 15 is 0 Å². The molecular formula is C13H16N4OS. The van der Waals surface area contributed by atoms with Gasteiger partial charge >= 0.3 is 0 Å². The van der Waals surface area contributed by atoms with E-state index in [-0.39, 0.29) is 11.7 Å². The van der Waals surface area contributed by atoms with Crippen LogP contribution in [0.2, 0.25) is 0 Å². The molecular weight excluding hydrogens is 260 g/mol. The zero-order valence-corrected chi connectivity index (χ0v) is 11.7. The van der Waals surface area contributed by atoms with Crippen LogP contribution in [0.15, 0.2) is 24.3 Å². The van der Waals surface area contributed by atoms with Crippen LogP contribution in [0, 0.1) is 6.92 Å². The summed E-state index contributed by atoms with van der Waals surface area (Å²) in [6.45, 7) is 2.68. The summed E-state index contributed by atoms with van der Waals surface area (Å²) in [5, 5.41) is 6.46. The largest absolute Gasteiger partial charge is 0.382 e. The smallest absolute Gasteiger partial charge is 0.257 e. The Hall–Kier alpha value is -2.08. The first-order valence-electron chi connectivity index (χ1n) is 5.88. The van der Waals surface area contributed by atoms with Gasteiger partial charge in [0.25, 0.3) is 5.91 Å². The summed E-state index contributed by atoms with van der Waals surface area (Å²) in [4.78, 5) is 11.7. The molecule has 0 bridgehead atoms. The van der Waals surface area contributed by atoms with Gasteiger partial charge in [-0.3, -0.25) is 4.79 Å². The van der Waals surface area contributed by atoms with Crippen LogP contribution in [-0.4, -0.2) is 17.3 Å². The summed E-state index contributed by atoms with van der Waals surface area (Å²) in [5.74, 6) is 0.0362. The molecule has 0 spiro atoms. The second-order valence-electron chi connectivity index (χ2n) is 4.19. The van der Waals surface area contributed by atoms with E-state index in [1.807, 2.05) is 25.1 Å². The van der Waals surface area contributed by atoms with Gasteiger partial charge in [0.15, 0.2) is 5.82 Å². The van der Waals surface area contributed by atoms with Crippen molar-refractivity contribution in [3.05, 3.63) is 41.0 Å². The van der Waals surface area contributed by atoms with Crippen molar-refractivity contribution in [3.63, 3.8) is 0 Å². The highest BCUT2D eigenvalue weighted by Gasteiger charge is 2.17. The van der Waals surface area contributed by atoms with E-state index in [1.165, 1.54) is 17.1 Å². The van der Waals surface area contributed by atoms with Gasteiger partial charge in [0, 0.05) is 13.6 Å². The molecule has 0 saturated heterocycles. The molecule has 2 aromatic rings. The number of anilines is 2. The predicted octanol–water partition coefficient (Wildman–Crippen LogP) is 2.01. The van der Waals surface area contributed by atoms with E-state index in [9.17, 15) is 4.79 Å². The van der Waals surface area contributed by atoms with E-state index in [1.54, 1.807) is 7.05 Å². The van der Waals surface area contributed by atoms with Crippen molar-refractivity contribution in [3.8, 4) is 0 Å². The lowest BCUT2D eigenvalue weighted by Crippen LogP contribution is -2.20. The van der Waals surface area contributed by atoms with Crippen LogP contribution in [0.25, 0.3) is 0 Å². The van der Waals surface area contributed by atoms with Crippen molar-refractivity contribution in [2.75, 3.05) is 18.1 Å². The Morgan fingerprint density at radius 3 is 2.95 bits per heavy atom. The highest BCUT2D eigenvalue weighted by molar-refractivity contribution is 7.11. The standard InChI is InChI=1S/C13H16N4OS/c1-8-4-3-5-9(6-8)7-16-13-10(12(18)15-2)11(14)17-19-13/h3-6,16H,7H2,1-2H3,(H2,14,17)(H,15,18). The van der Waals surface area contributed by atoms with Gasteiger partial charge in [-0.1, -0.05) is 29.8 Å². The molecule has 100 valence electrons. The number of amides is 1. The molecule has 0 fully saturated rings. The van der Waals surface area contributed by atoms with Gasteiger partial charge in [-0.15, -0.1) is 0 Å². The molecule has 0 unspecified atom stereocenters. The number of aromatic nitrogens is 1. The number of aryl methyl sites for hydroxylation is 1. The lowest BCUT2D eigenvalue weighted by molar-refractivity contribution is 0.0965. The van der Waals surface area contributed by atoms with Gasteiger partial charge in [0.1, 0.15) is 10.6 Å². The Bertz CT molecular complexity index is 594. The molecule has 6 heteroatoms. The Morgan fingerprint density at radius 1 is 1.47 bits per heavy atom. The zero-order valence-electron chi connectivity index (χ0n) is 10.9. The Kier molecular flexibility index (Phi) is 4.01. The van der Waals surface area contributed by atoms with Gasteiger partial charge in [-0.05, 0) is 24.0 Å². The fraction of sp³-hybridized carbons (Fsp3) is 0.231. The summed E-state index contributed by atoms with van der Waals surface area (Å²) in [5.41, 5.74) is 8.48. The lowest BCUT2D eigenvalue weighted by Gasteiger charge is -2.07. The van der Waals surface area contributed by atoms with Crippen molar-refractivity contribution in [2.45, 2.75) is 13.5 Å². The van der Waals surface area contributed by atoms with E-state index in [0.29, 0.717) is 17.1 Å². The molecule has 4 N–H and O–H groups in total. The number of hydrogen-bond donors (Lipinski definition) is 3. The molecule has 0 radical (unpaired) electrons. The summed E-state index contributed by atoms with van der Waals surface area (Å²) in [6, 6.07) is 8.18. The quantitative estimate of drug-likeness (QED) is 0.798. The number of carbonyl (C=O) groups is 1. The Labute approximate surface area is 116 Å². The number of benzene rings is 1. The number of nitrogens with zero attached hydrogens (tertiary/aromatic N) is 1. The minimum Gasteiger partial charge on any atom is -0.382 e. The molecule has 1 amide bonds. The maximum absolute atomic E-state index is 11.7. The minimum atomic E-state index is -0.224. The first-order valence-corrected chi connectivity index (χ1v) is 6.65. The van der Waals surface area contributed by atoms with Crippen molar-refractivity contribution in [1.29, 1.82) is 0 Å². The number of carbonyl (C=O) groups excluding carboxylic acids is 1. The summed E-state index contributed by atoms with van der Waals surface area (Å²) < 4.78 is 4.01. The molecule has 1 aromatic carbocycles. The molecule has 19 heavy (non-hydrogen) atoms. The molecule has 0 aliphatic carbocycles. The van der Waals surface area contributed by atoms with Crippen LogP contribution >= 0.6 is 11.5 Å². The number of hydrogen-bond acceptors (Lipinski definition) is 5. The maximum Gasteiger partial charge on any atom is 0.257 e. The summed E-state index contributed by atoms with van der Waals surface area (Å²) in [6.07, 6.45) is 0. The predicted molar refractivity (Wildman–Crippen MR) is 78.4 cm³/mol. The van der Waals surface area contributed by atoms with Crippen molar-refractivity contribution in [2.24, 2.45) is 0 Å². The number of nitrogens with one attached hydrogen (secondary N) is 2. The van der Waals surface area contributed by atoms with Crippen molar-refractivity contribution in [1.82, 2.24) is 9.69 Å². The molecule has 0 atom stereocenters. The third-order valence-corrected chi connectivity index (χ3v) is 3.53. The molecule has 0 aliphatic heterocycles. The first kappa shape index (κ1) is 13.4. The third kappa shape index (κ3) is 3.03. The second kappa shape index (κ2) is 5.71. The van der Waals surface area contributed by atoms with Gasteiger partial charge in [0.05, 0.1) is 0 Å². The van der Waals surface area contributed by atoms with E-state index in [2.05, 4.69) is 21.1 Å². The fourth-order valence-corrected chi connectivity index (χ4v) is 2.48. The van der Waals surface area contributed by atoms with Gasteiger partial charge in [0.2, 0.25) is 0 Å². The van der Waals surface area contributed by atoms with Crippen molar-refractivity contribution < 1.29 is 4.79 Å². The van der Waals surface area contributed by atoms with E-state index in [0.717, 1.165) is 5.56 Å². The average Bonchev–Trinajstić information content (AvgIpc) is 2.77. The van der Waals surface area contributed by atoms with Crippen LogP contribution in [0.4, 0.5) is 10.8 Å². The second-order valence-corrected chi connectivity index (χ2v) is 4.97. The Morgan fingerprint density at radius 2 is 2.26 bits per heavy atom. The highest BCUT2D eigenvalue weighted by atomic mass is 32.1. The summed E-state index contributed by atoms with van der Waals surface area (Å²) >= 11 is 1.20. The van der Waals surface area contributed by atoms with Gasteiger partial charge < -0.3 is 16.4 Å². The monoisotopic (exact) mass is 276 g/mol. The van der Waals surface area contributed by atoms with Crippen LogP contribution in [-0.2, 0) is 6.54 Å². The average molecular weight is 276 g/mol. The molecule has 5 nitrogen and oxygen atoms in total. The van der Waals surface area contributed by atoms with Gasteiger partial charge in [-0.25, -0.2) is 0 Å². The third-order valence-electron chi connectivity index (χ3n) is 2.71. The number of rotatable bonds is 4. The SMILES string of the molecule is CNC(=O)c1c(N)nsc1NCc1cccc(C)c1. The normalized spacial score (nSPS) is 10.2. The minimum absolute atomic E-state index is 0.224. The Balaban J connectivity index is 2.14.